The molecule has 0 heterocycles. The van der Waals surface area contributed by atoms with Crippen LogP contribution in [-0.4, -0.2) is 37.9 Å². The summed E-state index contributed by atoms with van der Waals surface area (Å²) in [5, 5.41) is -7.13. The summed E-state index contributed by atoms with van der Waals surface area (Å²) in [5.41, 5.74) is 0. The molecule has 0 fully saturated rings. The second-order valence-corrected chi connectivity index (χ2v) is 4.86. The summed E-state index contributed by atoms with van der Waals surface area (Å²) in [7, 11) is -7.68. The van der Waals surface area contributed by atoms with E-state index in [1.165, 1.54) is 0 Å². The molecule has 0 rings (SSSR count). The molecule has 0 spiro atoms. The van der Waals surface area contributed by atoms with Crippen molar-refractivity contribution in [1.82, 2.24) is 0 Å². The Labute approximate surface area is 119 Å². The summed E-state index contributed by atoms with van der Waals surface area (Å²) in [5.74, 6) is -6.99. The molecule has 138 valence electrons. The largest absolute Gasteiger partial charge is 0.468 e. The van der Waals surface area contributed by atoms with Crippen LogP contribution in [-0.2, 0) is 19.7 Å². The first-order valence-electron chi connectivity index (χ1n) is 4.59. The van der Waals surface area contributed by atoms with Crippen LogP contribution in [0.5, 0.6) is 0 Å². The summed E-state index contributed by atoms with van der Waals surface area (Å²) in [4.78, 5) is 0. The quantitative estimate of drug-likeness (QED) is 0.378. The van der Waals surface area contributed by atoms with Crippen LogP contribution < -0.4 is 0 Å². The summed E-state index contributed by atoms with van der Waals surface area (Å²) in [6.07, 6.45) is -21.4. The third-order valence-electron chi connectivity index (χ3n) is 1.88. The lowest BCUT2D eigenvalue weighted by Crippen LogP contribution is -2.63. The SMILES string of the molecule is C=COC(F)(F)C(F)(OC(F)(F)C(F)(F)S(=O)(=O)F)C(F)(F)F. The molecule has 0 N–H and O–H groups in total. The molecule has 1 unspecified atom stereocenters. The highest BCUT2D eigenvalue weighted by atomic mass is 32.3. The van der Waals surface area contributed by atoms with Gasteiger partial charge in [-0.2, -0.15) is 52.3 Å². The standard InChI is InChI=1S/C7H3F11O4S/c1-2-21-5(12,13)3(8,4(9,10)11)22-6(14,15)7(16,17)23(18,19)20/h2H,1H2. The molecule has 0 saturated carbocycles. The number of alkyl halides is 10. The first-order valence-corrected chi connectivity index (χ1v) is 5.97. The van der Waals surface area contributed by atoms with Crippen LogP contribution in [0.25, 0.3) is 0 Å². The smallest absolute Gasteiger partial charge is 0.437 e. The fraction of sp³-hybridized carbons (Fsp3) is 0.714. The lowest BCUT2D eigenvalue weighted by Gasteiger charge is -2.36. The summed E-state index contributed by atoms with van der Waals surface area (Å²) in [6, 6.07) is 0. The maximum atomic E-state index is 13.3. The Morgan fingerprint density at radius 2 is 1.22 bits per heavy atom. The van der Waals surface area contributed by atoms with Gasteiger partial charge in [-0.15, -0.1) is 0 Å². The Morgan fingerprint density at radius 1 is 0.826 bits per heavy atom. The monoisotopic (exact) mass is 392 g/mol. The van der Waals surface area contributed by atoms with Gasteiger partial charge in [0.1, 0.15) is 0 Å². The molecule has 16 heteroatoms. The van der Waals surface area contributed by atoms with E-state index in [-0.39, 0.29) is 0 Å². The van der Waals surface area contributed by atoms with Gasteiger partial charge >= 0.3 is 39.7 Å². The molecule has 1 atom stereocenters. The van der Waals surface area contributed by atoms with Crippen molar-refractivity contribution in [2.24, 2.45) is 0 Å². The van der Waals surface area contributed by atoms with Gasteiger partial charge in [0, 0.05) is 0 Å². The van der Waals surface area contributed by atoms with E-state index in [1.807, 2.05) is 0 Å². The zero-order valence-corrected chi connectivity index (χ0v) is 10.8. The third kappa shape index (κ3) is 3.61. The van der Waals surface area contributed by atoms with Gasteiger partial charge in [0.05, 0.1) is 6.26 Å². The summed E-state index contributed by atoms with van der Waals surface area (Å²) >= 11 is 0. The van der Waals surface area contributed by atoms with Crippen molar-refractivity contribution in [3.63, 3.8) is 0 Å². The maximum absolute atomic E-state index is 13.3. The summed E-state index contributed by atoms with van der Waals surface area (Å²) < 4.78 is 162. The molecular weight excluding hydrogens is 389 g/mol. The minimum Gasteiger partial charge on any atom is -0.437 e. The van der Waals surface area contributed by atoms with Crippen LogP contribution in [0.1, 0.15) is 0 Å². The fourth-order valence-electron chi connectivity index (χ4n) is 0.841. The zero-order valence-electron chi connectivity index (χ0n) is 9.98. The lowest BCUT2D eigenvalue weighted by atomic mass is 10.2. The normalized spacial score (nSPS) is 17.5. The van der Waals surface area contributed by atoms with E-state index in [0.29, 0.717) is 0 Å². The average Bonchev–Trinajstić information content (AvgIpc) is 2.24. The van der Waals surface area contributed by atoms with Gasteiger partial charge in [0.25, 0.3) is 0 Å². The van der Waals surface area contributed by atoms with E-state index in [4.69, 9.17) is 0 Å². The Bertz CT molecular complexity index is 553. The van der Waals surface area contributed by atoms with Gasteiger partial charge in [-0.25, -0.2) is 0 Å². The second-order valence-electron chi connectivity index (χ2n) is 3.47. The van der Waals surface area contributed by atoms with E-state index in [0.717, 1.165) is 0 Å². The van der Waals surface area contributed by atoms with Crippen molar-refractivity contribution in [1.29, 1.82) is 0 Å². The second kappa shape index (κ2) is 5.64. The van der Waals surface area contributed by atoms with Crippen LogP contribution >= 0.6 is 0 Å². The topological polar surface area (TPSA) is 52.6 Å². The van der Waals surface area contributed by atoms with E-state index in [1.54, 1.807) is 4.74 Å². The van der Waals surface area contributed by atoms with Crippen LogP contribution in [0.15, 0.2) is 12.8 Å². The predicted octanol–water partition coefficient (Wildman–Crippen LogP) is 3.47. The minimum absolute atomic E-state index is 0.592. The number of rotatable bonds is 7. The third-order valence-corrected chi connectivity index (χ3v) is 2.73. The molecule has 23 heavy (non-hydrogen) atoms. The first-order chi connectivity index (χ1) is 9.77. The molecule has 0 radical (unpaired) electrons. The maximum Gasteiger partial charge on any atom is 0.468 e. The predicted molar refractivity (Wildman–Crippen MR) is 47.1 cm³/mol. The Kier molecular flexibility index (Phi) is 5.32. The molecule has 0 aromatic rings. The molecule has 4 nitrogen and oxygen atoms in total. The highest BCUT2D eigenvalue weighted by molar-refractivity contribution is 7.87. The van der Waals surface area contributed by atoms with Gasteiger partial charge in [-0.1, -0.05) is 10.5 Å². The molecule has 0 saturated heterocycles. The van der Waals surface area contributed by atoms with Gasteiger partial charge in [0.15, 0.2) is 0 Å². The van der Waals surface area contributed by atoms with Crippen molar-refractivity contribution in [3.05, 3.63) is 12.8 Å². The number of halogens is 11. The van der Waals surface area contributed by atoms with E-state index in [2.05, 4.69) is 11.3 Å². The Morgan fingerprint density at radius 3 is 1.48 bits per heavy atom. The molecule has 0 aliphatic carbocycles. The number of hydrogen-bond acceptors (Lipinski definition) is 4. The van der Waals surface area contributed by atoms with E-state index < -0.39 is 46.0 Å². The van der Waals surface area contributed by atoms with Crippen molar-refractivity contribution in [3.8, 4) is 0 Å². The van der Waals surface area contributed by atoms with Gasteiger partial charge in [-0.3, -0.25) is 4.74 Å². The van der Waals surface area contributed by atoms with E-state index >= 15 is 0 Å². The first kappa shape index (κ1) is 21.7. The minimum atomic E-state index is -7.68. The molecule has 0 aliphatic heterocycles. The molecule has 0 aromatic heterocycles. The highest BCUT2D eigenvalue weighted by Gasteiger charge is 2.82. The zero-order chi connectivity index (χ0) is 19.1. The van der Waals surface area contributed by atoms with Gasteiger partial charge < -0.3 is 4.74 Å². The molecular formula is C7H3F11O4S. The number of ether oxygens (including phenoxy) is 2. The Balaban J connectivity index is 6.18. The van der Waals surface area contributed by atoms with Crippen LogP contribution in [0, 0.1) is 0 Å². The van der Waals surface area contributed by atoms with Crippen LogP contribution in [0.3, 0.4) is 0 Å². The fourth-order valence-corrected chi connectivity index (χ4v) is 1.17. The van der Waals surface area contributed by atoms with Crippen LogP contribution in [0.2, 0.25) is 0 Å². The lowest BCUT2D eigenvalue weighted by molar-refractivity contribution is -0.507. The molecule has 0 bridgehead atoms. The molecule has 0 amide bonds. The van der Waals surface area contributed by atoms with Crippen LogP contribution in [0.4, 0.5) is 47.8 Å². The summed E-state index contributed by atoms with van der Waals surface area (Å²) in [6.45, 7) is 2.24. The molecule has 0 aromatic carbocycles. The van der Waals surface area contributed by atoms with Crippen molar-refractivity contribution in [2.45, 2.75) is 29.5 Å². The Hall–Kier alpha value is -1.32. The average molecular weight is 392 g/mol. The van der Waals surface area contributed by atoms with Crippen molar-refractivity contribution >= 4 is 10.2 Å². The van der Waals surface area contributed by atoms with E-state index in [9.17, 15) is 56.2 Å². The highest BCUT2D eigenvalue weighted by Crippen LogP contribution is 2.52. The van der Waals surface area contributed by atoms with Crippen molar-refractivity contribution in [2.75, 3.05) is 0 Å². The van der Waals surface area contributed by atoms with Crippen molar-refractivity contribution < 1.29 is 65.7 Å². The van der Waals surface area contributed by atoms with Gasteiger partial charge in [-0.05, 0) is 0 Å². The molecule has 0 aliphatic rings. The number of hydrogen-bond donors (Lipinski definition) is 0. The van der Waals surface area contributed by atoms with Gasteiger partial charge in [0.2, 0.25) is 0 Å².